The molecule has 1 aliphatic carbocycles. The number of aromatic nitrogens is 3. The van der Waals surface area contributed by atoms with Crippen LogP contribution in [0.4, 0.5) is 5.82 Å². The molecule has 21 heavy (non-hydrogen) atoms. The summed E-state index contributed by atoms with van der Waals surface area (Å²) in [6.07, 6.45) is 3.86. The summed E-state index contributed by atoms with van der Waals surface area (Å²) in [4.78, 5) is 23.6. The van der Waals surface area contributed by atoms with Crippen LogP contribution in [0.2, 0.25) is 0 Å². The molecule has 1 aliphatic rings. The van der Waals surface area contributed by atoms with Gasteiger partial charge in [-0.1, -0.05) is 0 Å². The normalized spacial score (nSPS) is 14.7. The van der Waals surface area contributed by atoms with Crippen molar-refractivity contribution in [2.24, 2.45) is 5.92 Å². The van der Waals surface area contributed by atoms with Crippen LogP contribution in [0.1, 0.15) is 23.2 Å². The topological polar surface area (TPSA) is 96.7 Å². The molecule has 4 N–H and O–H groups in total. The van der Waals surface area contributed by atoms with Gasteiger partial charge in [0, 0.05) is 23.0 Å². The standard InChI is InChI=1S/C15H15N5O/c16-13-12-10-5-9(15(21)17-6-8-1-2-8)3-4-11(10)20-14(12)19-7-18-13/h3-5,7-8H,1-2,6H2,(H,17,21)(H3,16,18,19,20). The number of carbonyl (C=O) groups is 1. The Labute approximate surface area is 120 Å². The highest BCUT2D eigenvalue weighted by Crippen LogP contribution is 2.29. The molecule has 1 fully saturated rings. The van der Waals surface area contributed by atoms with Crippen LogP contribution in [0.5, 0.6) is 0 Å². The van der Waals surface area contributed by atoms with E-state index in [1.165, 1.54) is 19.2 Å². The van der Waals surface area contributed by atoms with Gasteiger partial charge in [0.15, 0.2) is 0 Å². The van der Waals surface area contributed by atoms with Gasteiger partial charge in [0.05, 0.1) is 5.39 Å². The number of fused-ring (bicyclic) bond motifs is 3. The van der Waals surface area contributed by atoms with Gasteiger partial charge in [-0.15, -0.1) is 0 Å². The summed E-state index contributed by atoms with van der Waals surface area (Å²) >= 11 is 0. The number of rotatable bonds is 3. The van der Waals surface area contributed by atoms with Gasteiger partial charge in [-0.2, -0.15) is 0 Å². The summed E-state index contributed by atoms with van der Waals surface area (Å²) in [7, 11) is 0. The van der Waals surface area contributed by atoms with Gasteiger partial charge in [-0.25, -0.2) is 9.97 Å². The fourth-order valence-electron chi connectivity index (χ4n) is 2.55. The first kappa shape index (κ1) is 12.1. The molecule has 0 bridgehead atoms. The SMILES string of the molecule is Nc1ncnc2[nH]c3ccc(C(=O)NCC4CC4)cc3c12. The molecule has 1 aromatic carbocycles. The Morgan fingerprint density at radius 3 is 3.05 bits per heavy atom. The zero-order chi connectivity index (χ0) is 14.4. The van der Waals surface area contributed by atoms with E-state index in [9.17, 15) is 4.79 Å². The molecule has 106 valence electrons. The van der Waals surface area contributed by atoms with Gasteiger partial charge in [-0.3, -0.25) is 4.79 Å². The molecular weight excluding hydrogens is 266 g/mol. The van der Waals surface area contributed by atoms with E-state index in [4.69, 9.17) is 5.73 Å². The van der Waals surface area contributed by atoms with Gasteiger partial charge in [0.1, 0.15) is 17.8 Å². The molecule has 2 heterocycles. The lowest BCUT2D eigenvalue weighted by atomic mass is 10.1. The first-order valence-electron chi connectivity index (χ1n) is 7.02. The summed E-state index contributed by atoms with van der Waals surface area (Å²) in [5.41, 5.74) is 8.15. The molecule has 0 saturated heterocycles. The Hall–Kier alpha value is -2.63. The predicted octanol–water partition coefficient (Wildman–Crippen LogP) is 1.83. The van der Waals surface area contributed by atoms with Crippen molar-refractivity contribution in [2.75, 3.05) is 12.3 Å². The molecule has 1 amide bonds. The fourth-order valence-corrected chi connectivity index (χ4v) is 2.55. The number of nitrogens with two attached hydrogens (primary N) is 1. The zero-order valence-electron chi connectivity index (χ0n) is 11.4. The molecule has 0 unspecified atom stereocenters. The molecule has 2 aromatic heterocycles. The summed E-state index contributed by atoms with van der Waals surface area (Å²) < 4.78 is 0. The van der Waals surface area contributed by atoms with Crippen molar-refractivity contribution in [3.8, 4) is 0 Å². The smallest absolute Gasteiger partial charge is 0.251 e. The highest BCUT2D eigenvalue weighted by atomic mass is 16.1. The van der Waals surface area contributed by atoms with E-state index in [2.05, 4.69) is 20.3 Å². The minimum atomic E-state index is -0.0476. The number of hydrogen-bond acceptors (Lipinski definition) is 4. The number of H-pyrrole nitrogens is 1. The van der Waals surface area contributed by atoms with E-state index in [0.29, 0.717) is 22.9 Å². The first-order chi connectivity index (χ1) is 10.2. The molecule has 0 radical (unpaired) electrons. The van der Waals surface area contributed by atoms with Crippen molar-refractivity contribution in [1.29, 1.82) is 0 Å². The minimum Gasteiger partial charge on any atom is -0.383 e. The second-order valence-corrected chi connectivity index (χ2v) is 5.52. The molecule has 6 heteroatoms. The summed E-state index contributed by atoms with van der Waals surface area (Å²) in [6.45, 7) is 0.760. The maximum absolute atomic E-state index is 12.2. The van der Waals surface area contributed by atoms with Crippen LogP contribution in [0.15, 0.2) is 24.5 Å². The second-order valence-electron chi connectivity index (χ2n) is 5.52. The number of nitrogens with one attached hydrogen (secondary N) is 2. The van der Waals surface area contributed by atoms with E-state index in [-0.39, 0.29) is 5.91 Å². The molecule has 4 rings (SSSR count). The van der Waals surface area contributed by atoms with E-state index in [0.717, 1.165) is 22.8 Å². The van der Waals surface area contributed by atoms with Crippen LogP contribution in [0.25, 0.3) is 21.9 Å². The Bertz CT molecular complexity index is 850. The fraction of sp³-hybridized carbons (Fsp3) is 0.267. The molecule has 0 atom stereocenters. The van der Waals surface area contributed by atoms with E-state index in [1.54, 1.807) is 0 Å². The van der Waals surface area contributed by atoms with Crippen LogP contribution in [-0.2, 0) is 0 Å². The third kappa shape index (κ3) is 2.08. The van der Waals surface area contributed by atoms with Crippen molar-refractivity contribution < 1.29 is 4.79 Å². The molecular formula is C15H15N5O. The first-order valence-corrected chi connectivity index (χ1v) is 7.02. The predicted molar refractivity (Wildman–Crippen MR) is 80.9 cm³/mol. The largest absolute Gasteiger partial charge is 0.383 e. The van der Waals surface area contributed by atoms with Gasteiger partial charge in [0.25, 0.3) is 5.91 Å². The molecule has 0 aliphatic heterocycles. The van der Waals surface area contributed by atoms with Crippen molar-refractivity contribution in [1.82, 2.24) is 20.3 Å². The minimum absolute atomic E-state index is 0.0476. The molecule has 3 aromatic rings. The van der Waals surface area contributed by atoms with E-state index >= 15 is 0 Å². The number of anilines is 1. The van der Waals surface area contributed by atoms with Gasteiger partial charge in [0.2, 0.25) is 0 Å². The average molecular weight is 281 g/mol. The number of aromatic amines is 1. The lowest BCUT2D eigenvalue weighted by Gasteiger charge is -2.04. The number of nitrogens with zero attached hydrogens (tertiary/aromatic N) is 2. The maximum Gasteiger partial charge on any atom is 0.251 e. The van der Waals surface area contributed by atoms with E-state index < -0.39 is 0 Å². The summed E-state index contributed by atoms with van der Waals surface area (Å²) in [6, 6.07) is 5.53. The van der Waals surface area contributed by atoms with Gasteiger partial charge in [-0.05, 0) is 37.0 Å². The maximum atomic E-state index is 12.2. The van der Waals surface area contributed by atoms with Crippen molar-refractivity contribution >= 4 is 33.7 Å². The van der Waals surface area contributed by atoms with Crippen LogP contribution in [-0.4, -0.2) is 27.4 Å². The van der Waals surface area contributed by atoms with Crippen LogP contribution >= 0.6 is 0 Å². The molecule has 6 nitrogen and oxygen atoms in total. The Kier molecular flexibility index (Phi) is 2.57. The number of benzene rings is 1. The lowest BCUT2D eigenvalue weighted by Crippen LogP contribution is -2.25. The number of amides is 1. The highest BCUT2D eigenvalue weighted by molar-refractivity contribution is 6.12. The van der Waals surface area contributed by atoms with Crippen LogP contribution in [0, 0.1) is 5.92 Å². The van der Waals surface area contributed by atoms with Gasteiger partial charge < -0.3 is 16.0 Å². The average Bonchev–Trinajstić information content (AvgIpc) is 3.23. The van der Waals surface area contributed by atoms with Crippen molar-refractivity contribution in [2.45, 2.75) is 12.8 Å². The zero-order valence-corrected chi connectivity index (χ0v) is 11.4. The number of carbonyl (C=O) groups excluding carboxylic acids is 1. The monoisotopic (exact) mass is 281 g/mol. The van der Waals surface area contributed by atoms with Crippen LogP contribution in [0.3, 0.4) is 0 Å². The Balaban J connectivity index is 1.77. The highest BCUT2D eigenvalue weighted by Gasteiger charge is 2.22. The quantitative estimate of drug-likeness (QED) is 0.682. The van der Waals surface area contributed by atoms with Crippen LogP contribution < -0.4 is 11.1 Å². The third-order valence-electron chi connectivity index (χ3n) is 3.93. The lowest BCUT2D eigenvalue weighted by molar-refractivity contribution is 0.0952. The number of nitrogen functional groups attached to an aromatic ring is 1. The second kappa shape index (κ2) is 4.44. The number of hydrogen-bond donors (Lipinski definition) is 3. The van der Waals surface area contributed by atoms with Gasteiger partial charge >= 0.3 is 0 Å². The molecule has 1 saturated carbocycles. The summed E-state index contributed by atoms with van der Waals surface area (Å²) in [5, 5.41) is 4.61. The Morgan fingerprint density at radius 2 is 2.24 bits per heavy atom. The molecule has 0 spiro atoms. The third-order valence-corrected chi connectivity index (χ3v) is 3.93. The van der Waals surface area contributed by atoms with E-state index in [1.807, 2.05) is 18.2 Å². The summed E-state index contributed by atoms with van der Waals surface area (Å²) in [5.74, 6) is 1.03. The Morgan fingerprint density at radius 1 is 1.38 bits per heavy atom. The van der Waals surface area contributed by atoms with Crippen molar-refractivity contribution in [3.63, 3.8) is 0 Å². The van der Waals surface area contributed by atoms with Crippen molar-refractivity contribution in [3.05, 3.63) is 30.1 Å².